The average molecular weight is 256 g/mol. The molecular formula is C14H28N2O2. The van der Waals surface area contributed by atoms with Gasteiger partial charge in [0.1, 0.15) is 0 Å². The third-order valence-corrected chi connectivity index (χ3v) is 4.32. The van der Waals surface area contributed by atoms with Crippen molar-refractivity contribution in [2.75, 3.05) is 53.1 Å². The summed E-state index contributed by atoms with van der Waals surface area (Å²) < 4.78 is 11.3. The van der Waals surface area contributed by atoms with E-state index in [1.54, 1.807) is 0 Å². The van der Waals surface area contributed by atoms with E-state index in [4.69, 9.17) is 9.47 Å². The Morgan fingerprint density at radius 2 is 2.22 bits per heavy atom. The number of morpholine rings is 1. The summed E-state index contributed by atoms with van der Waals surface area (Å²) in [6.45, 7) is 9.16. The monoisotopic (exact) mass is 256 g/mol. The van der Waals surface area contributed by atoms with Gasteiger partial charge in [-0.15, -0.1) is 0 Å². The molecule has 0 bridgehead atoms. The fraction of sp³-hybridized carbons (Fsp3) is 1.00. The van der Waals surface area contributed by atoms with E-state index in [0.29, 0.717) is 11.5 Å². The van der Waals surface area contributed by atoms with E-state index in [0.717, 1.165) is 46.1 Å². The van der Waals surface area contributed by atoms with Gasteiger partial charge in [-0.05, 0) is 26.3 Å². The van der Waals surface area contributed by atoms with Crippen LogP contribution in [-0.4, -0.2) is 64.1 Å². The minimum Gasteiger partial charge on any atom is -0.381 e. The number of nitrogens with one attached hydrogen (secondary N) is 1. The van der Waals surface area contributed by atoms with Gasteiger partial charge >= 0.3 is 0 Å². The summed E-state index contributed by atoms with van der Waals surface area (Å²) in [5.41, 5.74) is 0.303. The Bertz CT molecular complexity index is 236. The Balaban J connectivity index is 1.98. The molecule has 0 aromatic heterocycles. The lowest BCUT2D eigenvalue weighted by Crippen LogP contribution is -2.54. The van der Waals surface area contributed by atoms with E-state index >= 15 is 0 Å². The molecule has 0 aliphatic carbocycles. The molecule has 0 radical (unpaired) electrons. The molecule has 2 heterocycles. The maximum atomic E-state index is 5.75. The molecule has 1 N–H and O–H groups in total. The quantitative estimate of drug-likeness (QED) is 0.799. The van der Waals surface area contributed by atoms with Crippen LogP contribution in [0.2, 0.25) is 0 Å². The highest BCUT2D eigenvalue weighted by molar-refractivity contribution is 4.89. The molecule has 2 aliphatic heterocycles. The van der Waals surface area contributed by atoms with Gasteiger partial charge in [0.15, 0.2) is 0 Å². The topological polar surface area (TPSA) is 33.7 Å². The molecule has 4 nitrogen and oxygen atoms in total. The molecule has 0 saturated carbocycles. The number of hydrogen-bond donors (Lipinski definition) is 1. The average Bonchev–Trinajstić information content (AvgIpc) is 2.40. The van der Waals surface area contributed by atoms with Crippen molar-refractivity contribution < 1.29 is 9.47 Å². The molecule has 18 heavy (non-hydrogen) atoms. The second-order valence-electron chi connectivity index (χ2n) is 5.79. The largest absolute Gasteiger partial charge is 0.381 e. The van der Waals surface area contributed by atoms with Crippen LogP contribution in [0.5, 0.6) is 0 Å². The summed E-state index contributed by atoms with van der Waals surface area (Å²) in [5, 5.41) is 3.36. The molecule has 106 valence electrons. The summed E-state index contributed by atoms with van der Waals surface area (Å²) in [6, 6.07) is 0.592. The second-order valence-corrected chi connectivity index (χ2v) is 5.79. The standard InChI is InChI=1S/C14H28N2O2/c1-3-13-9-17-8-6-16(13)11-14(10-15-2)5-4-7-18-12-14/h13,15H,3-12H2,1-2H3. The van der Waals surface area contributed by atoms with Gasteiger partial charge in [-0.25, -0.2) is 0 Å². The molecular weight excluding hydrogens is 228 g/mol. The maximum absolute atomic E-state index is 5.75. The molecule has 4 heteroatoms. The molecule has 2 aliphatic rings. The number of nitrogens with zero attached hydrogens (tertiary/aromatic N) is 1. The van der Waals surface area contributed by atoms with Crippen LogP contribution in [0.4, 0.5) is 0 Å². The zero-order chi connectivity index (χ0) is 12.8. The molecule has 2 unspecified atom stereocenters. The van der Waals surface area contributed by atoms with E-state index in [2.05, 4.69) is 17.1 Å². The predicted molar refractivity (Wildman–Crippen MR) is 72.9 cm³/mol. The zero-order valence-corrected chi connectivity index (χ0v) is 11.9. The molecule has 0 aromatic carbocycles. The summed E-state index contributed by atoms with van der Waals surface area (Å²) >= 11 is 0. The first-order valence-electron chi connectivity index (χ1n) is 7.34. The highest BCUT2D eigenvalue weighted by atomic mass is 16.5. The van der Waals surface area contributed by atoms with Gasteiger partial charge in [0.2, 0.25) is 0 Å². The molecule has 2 saturated heterocycles. The van der Waals surface area contributed by atoms with Crippen molar-refractivity contribution in [1.29, 1.82) is 0 Å². The van der Waals surface area contributed by atoms with Crippen LogP contribution >= 0.6 is 0 Å². The van der Waals surface area contributed by atoms with Gasteiger partial charge in [0, 0.05) is 37.7 Å². The van der Waals surface area contributed by atoms with Crippen molar-refractivity contribution in [3.8, 4) is 0 Å². The second kappa shape index (κ2) is 6.85. The summed E-state index contributed by atoms with van der Waals surface area (Å²) in [5.74, 6) is 0. The van der Waals surface area contributed by atoms with E-state index in [1.165, 1.54) is 19.3 Å². The lowest BCUT2D eigenvalue weighted by Gasteiger charge is -2.44. The highest BCUT2D eigenvalue weighted by Crippen LogP contribution is 2.30. The van der Waals surface area contributed by atoms with Crippen molar-refractivity contribution >= 4 is 0 Å². The van der Waals surface area contributed by atoms with Crippen LogP contribution < -0.4 is 5.32 Å². The Hall–Kier alpha value is -0.160. The van der Waals surface area contributed by atoms with E-state index in [9.17, 15) is 0 Å². The lowest BCUT2D eigenvalue weighted by molar-refractivity contribution is -0.0658. The van der Waals surface area contributed by atoms with Crippen LogP contribution in [-0.2, 0) is 9.47 Å². The third-order valence-electron chi connectivity index (χ3n) is 4.32. The molecule has 0 spiro atoms. The van der Waals surface area contributed by atoms with Crippen LogP contribution in [0.25, 0.3) is 0 Å². The molecule has 0 aromatic rings. The van der Waals surface area contributed by atoms with E-state index in [-0.39, 0.29) is 0 Å². The van der Waals surface area contributed by atoms with Gasteiger partial charge in [-0.2, -0.15) is 0 Å². The Morgan fingerprint density at radius 1 is 1.33 bits per heavy atom. The lowest BCUT2D eigenvalue weighted by atomic mass is 9.81. The van der Waals surface area contributed by atoms with Crippen molar-refractivity contribution in [3.63, 3.8) is 0 Å². The minimum atomic E-state index is 0.303. The molecule has 2 rings (SSSR count). The van der Waals surface area contributed by atoms with Gasteiger partial charge in [-0.1, -0.05) is 6.92 Å². The van der Waals surface area contributed by atoms with Crippen molar-refractivity contribution in [2.45, 2.75) is 32.2 Å². The Morgan fingerprint density at radius 3 is 2.89 bits per heavy atom. The zero-order valence-electron chi connectivity index (χ0n) is 11.9. The fourth-order valence-electron chi connectivity index (χ4n) is 3.31. The van der Waals surface area contributed by atoms with Crippen molar-refractivity contribution in [1.82, 2.24) is 10.2 Å². The van der Waals surface area contributed by atoms with Crippen LogP contribution in [0.3, 0.4) is 0 Å². The molecule has 2 atom stereocenters. The third kappa shape index (κ3) is 3.44. The van der Waals surface area contributed by atoms with Gasteiger partial charge in [0.25, 0.3) is 0 Å². The summed E-state index contributed by atoms with van der Waals surface area (Å²) in [7, 11) is 2.05. The number of hydrogen-bond acceptors (Lipinski definition) is 4. The molecule has 2 fully saturated rings. The Kier molecular flexibility index (Phi) is 5.42. The van der Waals surface area contributed by atoms with Gasteiger partial charge in [-0.3, -0.25) is 4.90 Å². The Labute approximate surface area is 111 Å². The van der Waals surface area contributed by atoms with Crippen LogP contribution in [0, 0.1) is 5.41 Å². The smallest absolute Gasteiger partial charge is 0.0622 e. The maximum Gasteiger partial charge on any atom is 0.0622 e. The first kappa shape index (κ1) is 14.3. The van der Waals surface area contributed by atoms with Gasteiger partial charge in [0.05, 0.1) is 19.8 Å². The predicted octanol–water partition coefficient (Wildman–Crippen LogP) is 1.11. The highest BCUT2D eigenvalue weighted by Gasteiger charge is 2.36. The minimum absolute atomic E-state index is 0.303. The first-order chi connectivity index (χ1) is 8.79. The van der Waals surface area contributed by atoms with Crippen LogP contribution in [0.15, 0.2) is 0 Å². The number of ether oxygens (including phenoxy) is 2. The number of rotatable bonds is 5. The fourth-order valence-corrected chi connectivity index (χ4v) is 3.31. The van der Waals surface area contributed by atoms with E-state index < -0.39 is 0 Å². The van der Waals surface area contributed by atoms with Crippen molar-refractivity contribution in [2.24, 2.45) is 5.41 Å². The normalized spacial score (nSPS) is 34.7. The molecule has 0 amide bonds. The first-order valence-corrected chi connectivity index (χ1v) is 7.34. The van der Waals surface area contributed by atoms with Crippen molar-refractivity contribution in [3.05, 3.63) is 0 Å². The van der Waals surface area contributed by atoms with Crippen LogP contribution in [0.1, 0.15) is 26.2 Å². The SMILES string of the molecule is CCC1COCCN1CC1(CNC)CCCOC1. The summed E-state index contributed by atoms with van der Waals surface area (Å²) in [6.07, 6.45) is 3.65. The van der Waals surface area contributed by atoms with Gasteiger partial charge < -0.3 is 14.8 Å². The van der Waals surface area contributed by atoms with E-state index in [1.807, 2.05) is 7.05 Å². The summed E-state index contributed by atoms with van der Waals surface area (Å²) in [4.78, 5) is 2.62.